The summed E-state index contributed by atoms with van der Waals surface area (Å²) in [6.45, 7) is 9.46. The first-order chi connectivity index (χ1) is 9.29. The van der Waals surface area contributed by atoms with Gasteiger partial charge in [-0.2, -0.15) is 0 Å². The number of esters is 1. The fraction of sp³-hybridized carbons (Fsp3) is 0.375. The molecule has 1 unspecified atom stereocenters. The van der Waals surface area contributed by atoms with E-state index < -0.39 is 5.97 Å². The molecule has 0 aliphatic rings. The van der Waals surface area contributed by atoms with Crippen molar-refractivity contribution in [2.24, 2.45) is 0 Å². The molecule has 1 aromatic rings. The Labute approximate surface area is 122 Å². The first-order valence-electron chi connectivity index (χ1n) is 6.55. The number of hydrogen-bond donors (Lipinski definition) is 0. The van der Waals surface area contributed by atoms with E-state index in [0.29, 0.717) is 23.1 Å². The summed E-state index contributed by atoms with van der Waals surface area (Å²) < 4.78 is 4.93. The minimum atomic E-state index is -0.451. The molecule has 1 atom stereocenters. The Bertz CT molecular complexity index is 562. The van der Waals surface area contributed by atoms with Gasteiger partial charge in [0, 0.05) is 16.5 Å². The largest absolute Gasteiger partial charge is 0.463 e. The van der Waals surface area contributed by atoms with Crippen LogP contribution in [0.25, 0.3) is 0 Å². The minimum absolute atomic E-state index is 0.143. The van der Waals surface area contributed by atoms with E-state index in [-0.39, 0.29) is 5.78 Å². The molecule has 0 spiro atoms. The fourth-order valence-corrected chi connectivity index (χ4v) is 2.45. The quantitative estimate of drug-likeness (QED) is 0.369. The van der Waals surface area contributed by atoms with E-state index in [9.17, 15) is 9.59 Å². The lowest BCUT2D eigenvalue weighted by atomic mass is 9.95. The smallest absolute Gasteiger partial charge is 0.334 e. The maximum Gasteiger partial charge on any atom is 0.334 e. The lowest BCUT2D eigenvalue weighted by molar-refractivity contribution is -0.138. The molecule has 20 heavy (non-hydrogen) atoms. The van der Waals surface area contributed by atoms with Gasteiger partial charge in [-0.1, -0.05) is 17.7 Å². The fourth-order valence-electron chi connectivity index (χ4n) is 2.19. The first kappa shape index (κ1) is 16.6. The molecule has 0 N–H and O–H groups in total. The summed E-state index contributed by atoms with van der Waals surface area (Å²) in [6, 6.07) is 3.94. The molecule has 3 nitrogen and oxygen atoms in total. The van der Waals surface area contributed by atoms with Crippen molar-refractivity contribution in [3.05, 3.63) is 45.3 Å². The van der Waals surface area contributed by atoms with Gasteiger partial charge in [0.25, 0.3) is 0 Å². The zero-order valence-electron chi connectivity index (χ0n) is 12.7. The summed E-state index contributed by atoms with van der Waals surface area (Å²) in [5.74, 6) is -0.594. The van der Waals surface area contributed by atoms with Crippen molar-refractivity contribution in [3.63, 3.8) is 0 Å². The van der Waals surface area contributed by atoms with Crippen LogP contribution in [0.2, 0.25) is 0 Å². The van der Waals surface area contributed by atoms with E-state index in [1.165, 1.54) is 0 Å². The van der Waals surface area contributed by atoms with Gasteiger partial charge in [-0.05, 0) is 45.7 Å². The van der Waals surface area contributed by atoms with Gasteiger partial charge in [-0.15, -0.1) is 9.24 Å². The van der Waals surface area contributed by atoms with Crippen LogP contribution in [-0.4, -0.2) is 18.4 Å². The van der Waals surface area contributed by atoms with Crippen molar-refractivity contribution in [1.82, 2.24) is 0 Å². The highest BCUT2D eigenvalue weighted by Crippen LogP contribution is 2.25. The first-order valence-corrected chi connectivity index (χ1v) is 7.13. The van der Waals surface area contributed by atoms with E-state index >= 15 is 0 Å². The summed E-state index contributed by atoms with van der Waals surface area (Å²) in [5, 5.41) is 0.360. The van der Waals surface area contributed by atoms with Crippen molar-refractivity contribution in [3.8, 4) is 0 Å². The summed E-state index contributed by atoms with van der Waals surface area (Å²) in [4.78, 5) is 24.3. The molecule has 0 aromatic heterocycles. The molecule has 108 valence electrons. The number of hydrogen-bond acceptors (Lipinski definition) is 3. The van der Waals surface area contributed by atoms with Crippen molar-refractivity contribution in [2.75, 3.05) is 6.61 Å². The molecular formula is C16H21O3P. The third-order valence-corrected chi connectivity index (χ3v) is 3.83. The maximum absolute atomic E-state index is 12.6. The van der Waals surface area contributed by atoms with Crippen LogP contribution in [0.15, 0.2) is 23.0 Å². The molecule has 0 saturated heterocycles. The number of aryl methyl sites for hydroxylation is 3. The normalized spacial score (nSPS) is 11.9. The number of rotatable bonds is 4. The van der Waals surface area contributed by atoms with Crippen LogP contribution in [0.5, 0.6) is 0 Å². The van der Waals surface area contributed by atoms with Crippen LogP contribution in [0, 0.1) is 20.8 Å². The van der Waals surface area contributed by atoms with Gasteiger partial charge in [-0.25, -0.2) is 4.79 Å². The summed E-state index contributed by atoms with van der Waals surface area (Å²) in [5.41, 5.74) is 3.95. The van der Waals surface area contributed by atoms with Gasteiger partial charge in [0.1, 0.15) is 0 Å². The van der Waals surface area contributed by atoms with E-state index in [4.69, 9.17) is 4.74 Å². The number of ketones is 1. The van der Waals surface area contributed by atoms with Crippen LogP contribution in [0.3, 0.4) is 0 Å². The number of Topliss-reactive ketones (excluding diaryl/α,β-unsaturated/α-hetero) is 1. The number of benzene rings is 1. The molecule has 0 saturated carbocycles. The van der Waals surface area contributed by atoms with Crippen molar-refractivity contribution in [1.29, 1.82) is 0 Å². The Kier molecular flexibility index (Phi) is 5.64. The molecular weight excluding hydrogens is 271 g/mol. The van der Waals surface area contributed by atoms with Crippen molar-refractivity contribution >= 4 is 21.0 Å². The van der Waals surface area contributed by atoms with E-state index in [1.54, 1.807) is 13.8 Å². The number of carbonyl (C=O) groups is 2. The highest BCUT2D eigenvalue weighted by Gasteiger charge is 2.19. The Morgan fingerprint density at radius 3 is 2.10 bits per heavy atom. The maximum atomic E-state index is 12.6. The Balaban J connectivity index is 3.25. The van der Waals surface area contributed by atoms with Gasteiger partial charge < -0.3 is 4.74 Å². The van der Waals surface area contributed by atoms with Crippen molar-refractivity contribution < 1.29 is 14.3 Å². The number of allylic oxidation sites excluding steroid dienone is 1. The van der Waals surface area contributed by atoms with Gasteiger partial charge in [0.05, 0.1) is 6.61 Å². The predicted molar refractivity (Wildman–Crippen MR) is 84.0 cm³/mol. The van der Waals surface area contributed by atoms with Crippen molar-refractivity contribution in [2.45, 2.75) is 34.6 Å². The average molecular weight is 292 g/mol. The van der Waals surface area contributed by atoms with E-state index in [1.807, 2.05) is 32.9 Å². The third-order valence-electron chi connectivity index (χ3n) is 3.13. The van der Waals surface area contributed by atoms with Crippen LogP contribution in [0.4, 0.5) is 0 Å². The van der Waals surface area contributed by atoms with E-state index in [2.05, 4.69) is 9.24 Å². The van der Waals surface area contributed by atoms with Gasteiger partial charge in [0.2, 0.25) is 0 Å². The molecule has 1 aromatic carbocycles. The van der Waals surface area contributed by atoms with Gasteiger partial charge >= 0.3 is 5.97 Å². The van der Waals surface area contributed by atoms with Gasteiger partial charge in [0.15, 0.2) is 5.78 Å². The Morgan fingerprint density at radius 2 is 1.65 bits per heavy atom. The number of ether oxygens (including phenoxy) is 1. The average Bonchev–Trinajstić information content (AvgIpc) is 2.35. The zero-order chi connectivity index (χ0) is 15.4. The van der Waals surface area contributed by atoms with Crippen LogP contribution in [-0.2, 0) is 9.53 Å². The minimum Gasteiger partial charge on any atom is -0.463 e. The highest BCUT2D eigenvalue weighted by atomic mass is 31.0. The third kappa shape index (κ3) is 3.55. The van der Waals surface area contributed by atoms with Crippen LogP contribution < -0.4 is 0 Å². The lowest BCUT2D eigenvalue weighted by Crippen LogP contribution is -2.12. The summed E-state index contributed by atoms with van der Waals surface area (Å²) in [6.07, 6.45) is 0. The molecule has 1 rings (SSSR count). The second-order valence-corrected chi connectivity index (χ2v) is 5.44. The lowest BCUT2D eigenvalue weighted by Gasteiger charge is -2.12. The second-order valence-electron chi connectivity index (χ2n) is 4.86. The topological polar surface area (TPSA) is 43.4 Å². The molecule has 0 radical (unpaired) electrons. The number of carbonyl (C=O) groups excluding carboxylic acids is 2. The van der Waals surface area contributed by atoms with Crippen LogP contribution in [0.1, 0.15) is 40.9 Å². The Morgan fingerprint density at radius 1 is 1.15 bits per heavy atom. The molecule has 0 heterocycles. The standard InChI is InChI=1S/C16H21O3P/c1-6-19-16(18)12(5)15(20)14(17)13-10(3)7-9(2)8-11(13)4/h7-8H,6,20H2,1-5H3. The zero-order valence-corrected chi connectivity index (χ0v) is 13.8. The van der Waals surface area contributed by atoms with E-state index in [0.717, 1.165) is 16.7 Å². The molecule has 0 aliphatic heterocycles. The van der Waals surface area contributed by atoms with Crippen LogP contribution >= 0.6 is 9.24 Å². The molecule has 0 bridgehead atoms. The monoisotopic (exact) mass is 292 g/mol. The summed E-state index contributed by atoms with van der Waals surface area (Å²) >= 11 is 0. The SMILES string of the molecule is CCOC(=O)C(C)=C(P)C(=O)c1c(C)cc(C)cc1C. The Hall–Kier alpha value is -1.47. The molecule has 0 aliphatic carbocycles. The van der Waals surface area contributed by atoms with Gasteiger partial charge in [-0.3, -0.25) is 4.79 Å². The molecule has 0 fully saturated rings. The predicted octanol–water partition coefficient (Wildman–Crippen LogP) is 3.51. The molecule has 0 amide bonds. The summed E-state index contributed by atoms with van der Waals surface area (Å²) in [7, 11) is 2.37. The molecule has 4 heteroatoms. The second kappa shape index (κ2) is 6.81. The highest BCUT2D eigenvalue weighted by molar-refractivity contribution is 7.25.